The molecule has 0 aromatic carbocycles. The molecule has 1 amide bonds. The second kappa shape index (κ2) is 11.7. The van der Waals surface area contributed by atoms with Gasteiger partial charge in [-0.1, -0.05) is 11.6 Å². The van der Waals surface area contributed by atoms with Crippen molar-refractivity contribution in [2.75, 3.05) is 13.2 Å². The Morgan fingerprint density at radius 2 is 1.50 bits per heavy atom. The third kappa shape index (κ3) is 7.47. The zero-order chi connectivity index (χ0) is 29.2. The molecule has 0 radical (unpaired) electrons. The van der Waals surface area contributed by atoms with E-state index in [1.807, 2.05) is 0 Å². The highest BCUT2D eigenvalue weighted by molar-refractivity contribution is 6.33. The number of aryl methyl sites for hydroxylation is 1. The number of ether oxygens (including phenoxy) is 1. The number of amides is 1. The number of carbonyl (C=O) groups is 1. The molecule has 5 rings (SSSR count). The summed E-state index contributed by atoms with van der Waals surface area (Å²) in [7, 11) is 0. The lowest BCUT2D eigenvalue weighted by Crippen LogP contribution is -2.48. The second-order valence-electron chi connectivity index (χ2n) is 9.19. The average molecular weight is 609 g/mol. The van der Waals surface area contributed by atoms with Gasteiger partial charge in [-0.25, -0.2) is 24.9 Å². The van der Waals surface area contributed by atoms with Crippen molar-refractivity contribution >= 4 is 29.1 Å². The van der Waals surface area contributed by atoms with Crippen molar-refractivity contribution < 1.29 is 35.9 Å². The molecule has 3 aromatic heterocycles. The number of likely N-dealkylation sites (tertiary alicyclic amines) is 1. The molecule has 1 saturated heterocycles. The van der Waals surface area contributed by atoms with Crippen molar-refractivity contribution in [2.24, 2.45) is 11.8 Å². The number of carbonyl (C=O) groups excluding carboxylic acids is 1. The summed E-state index contributed by atoms with van der Waals surface area (Å²) in [6.45, 7) is 2.45. The number of pyridine rings is 1. The molecular weight excluding hydrogens is 589 g/mol. The maximum absolute atomic E-state index is 13.1. The van der Waals surface area contributed by atoms with Crippen LogP contribution in [0.4, 0.5) is 26.3 Å². The molecular formula is C24H20Cl2F6N6O2. The van der Waals surface area contributed by atoms with E-state index < -0.39 is 23.5 Å². The lowest BCUT2D eigenvalue weighted by atomic mass is 10.0. The maximum atomic E-state index is 13.1. The normalized spacial score (nSPS) is 20.2. The Morgan fingerprint density at radius 3 is 2.08 bits per heavy atom. The number of rotatable bonds is 4. The van der Waals surface area contributed by atoms with Crippen molar-refractivity contribution in [3.05, 3.63) is 69.7 Å². The molecule has 214 valence electrons. The van der Waals surface area contributed by atoms with Gasteiger partial charge in [0.25, 0.3) is 5.91 Å². The number of fused-ring (bicyclic) bond motifs is 1. The van der Waals surface area contributed by atoms with Gasteiger partial charge in [0.1, 0.15) is 12.3 Å². The van der Waals surface area contributed by atoms with Gasteiger partial charge in [0.05, 0.1) is 22.2 Å². The first-order chi connectivity index (χ1) is 18.7. The van der Waals surface area contributed by atoms with E-state index in [9.17, 15) is 31.1 Å². The van der Waals surface area contributed by atoms with Crippen LogP contribution in [0.5, 0.6) is 6.01 Å². The van der Waals surface area contributed by atoms with Crippen molar-refractivity contribution in [2.45, 2.75) is 38.2 Å². The van der Waals surface area contributed by atoms with Crippen LogP contribution in [-0.4, -0.2) is 54.9 Å². The van der Waals surface area contributed by atoms with Crippen LogP contribution in [0.1, 0.15) is 40.2 Å². The molecule has 0 unspecified atom stereocenters. The van der Waals surface area contributed by atoms with E-state index in [0.717, 1.165) is 12.8 Å². The molecule has 3 atom stereocenters. The van der Waals surface area contributed by atoms with Gasteiger partial charge in [-0.3, -0.25) is 4.79 Å². The standard InChI is InChI=1S/C19H18ClF3N4O2.C5H2ClF3N2/c1-10-2-3-15(20)16(26-10)17(28)27-8-12-4-11(12)5-14(27)9-29-18-24-6-13(7-25-18)19(21,22)23;6-4-10-1-3(2-11-4)5(7,8)9/h2-3,6-7,11-12,14H,4-5,8-9H2,1H3;1-2H/t11-,12+,14+;/m1./s1. The third-order valence-electron chi connectivity index (χ3n) is 6.27. The first-order valence-electron chi connectivity index (χ1n) is 11.7. The Bertz CT molecular complexity index is 1340. The van der Waals surface area contributed by atoms with Gasteiger partial charge in [-0.2, -0.15) is 26.3 Å². The molecule has 0 bridgehead atoms. The first kappa shape index (κ1) is 29.7. The highest BCUT2D eigenvalue weighted by Crippen LogP contribution is 2.47. The summed E-state index contributed by atoms with van der Waals surface area (Å²) >= 11 is 11.3. The zero-order valence-electron chi connectivity index (χ0n) is 20.5. The molecule has 0 spiro atoms. The fourth-order valence-electron chi connectivity index (χ4n) is 4.10. The van der Waals surface area contributed by atoms with E-state index in [1.165, 1.54) is 0 Å². The molecule has 1 saturated carbocycles. The Hall–Kier alpha value is -3.26. The lowest BCUT2D eigenvalue weighted by molar-refractivity contribution is -0.139. The van der Waals surface area contributed by atoms with Gasteiger partial charge < -0.3 is 9.64 Å². The minimum absolute atomic E-state index is 0.0871. The Labute approximate surface area is 233 Å². The van der Waals surface area contributed by atoms with Crippen molar-refractivity contribution in [3.63, 3.8) is 0 Å². The minimum atomic E-state index is -4.51. The predicted octanol–water partition coefficient (Wildman–Crippen LogP) is 5.93. The van der Waals surface area contributed by atoms with E-state index in [1.54, 1.807) is 24.0 Å². The Balaban J connectivity index is 0.000000283. The van der Waals surface area contributed by atoms with Crippen molar-refractivity contribution in [1.29, 1.82) is 0 Å². The monoisotopic (exact) mass is 608 g/mol. The molecule has 2 aliphatic rings. The molecule has 8 nitrogen and oxygen atoms in total. The van der Waals surface area contributed by atoms with Gasteiger partial charge in [0, 0.05) is 37.0 Å². The van der Waals surface area contributed by atoms with Crippen LogP contribution < -0.4 is 4.74 Å². The van der Waals surface area contributed by atoms with Crippen LogP contribution in [0.2, 0.25) is 10.3 Å². The fraction of sp³-hybridized carbons (Fsp3) is 0.417. The van der Waals surface area contributed by atoms with Crippen LogP contribution in [0.15, 0.2) is 36.9 Å². The van der Waals surface area contributed by atoms with Gasteiger partial charge in [-0.05, 0) is 55.3 Å². The number of hydrogen-bond acceptors (Lipinski definition) is 7. The molecule has 40 heavy (non-hydrogen) atoms. The van der Waals surface area contributed by atoms with Crippen molar-refractivity contribution in [1.82, 2.24) is 29.8 Å². The number of nitrogens with zero attached hydrogens (tertiary/aromatic N) is 6. The quantitative estimate of drug-likeness (QED) is 0.268. The molecule has 1 aliphatic carbocycles. The van der Waals surface area contributed by atoms with Crippen LogP contribution in [0, 0.1) is 18.8 Å². The van der Waals surface area contributed by atoms with E-state index in [4.69, 9.17) is 27.9 Å². The third-order valence-corrected chi connectivity index (χ3v) is 6.77. The summed E-state index contributed by atoms with van der Waals surface area (Å²) in [5.74, 6) is 0.717. The summed E-state index contributed by atoms with van der Waals surface area (Å²) in [6, 6.07) is 2.96. The highest BCUT2D eigenvalue weighted by Gasteiger charge is 2.47. The fourth-order valence-corrected chi connectivity index (χ4v) is 4.38. The smallest absolute Gasteiger partial charge is 0.419 e. The van der Waals surface area contributed by atoms with E-state index in [2.05, 4.69) is 24.9 Å². The van der Waals surface area contributed by atoms with Gasteiger partial charge in [0.15, 0.2) is 0 Å². The maximum Gasteiger partial charge on any atom is 0.419 e. The number of alkyl halides is 6. The number of aromatic nitrogens is 5. The number of piperidine rings is 1. The summed E-state index contributed by atoms with van der Waals surface area (Å²) in [5, 5.41) is 0.0854. The zero-order valence-corrected chi connectivity index (χ0v) is 22.1. The predicted molar refractivity (Wildman–Crippen MR) is 130 cm³/mol. The Morgan fingerprint density at radius 1 is 0.925 bits per heavy atom. The number of halogens is 8. The Kier molecular flexibility index (Phi) is 8.69. The summed E-state index contributed by atoms with van der Waals surface area (Å²) in [6.07, 6.45) is -4.48. The van der Waals surface area contributed by atoms with E-state index in [-0.39, 0.29) is 40.6 Å². The average Bonchev–Trinajstić information content (AvgIpc) is 3.66. The molecule has 2 fully saturated rings. The first-order valence-corrected chi connectivity index (χ1v) is 12.5. The second-order valence-corrected chi connectivity index (χ2v) is 9.93. The van der Waals surface area contributed by atoms with Crippen LogP contribution in [0.25, 0.3) is 0 Å². The molecule has 3 aromatic rings. The number of hydrogen-bond donors (Lipinski definition) is 0. The molecule has 1 aliphatic heterocycles. The summed E-state index contributed by atoms with van der Waals surface area (Å²) < 4.78 is 78.8. The molecule has 16 heteroatoms. The highest BCUT2D eigenvalue weighted by atomic mass is 35.5. The molecule has 0 N–H and O–H groups in total. The van der Waals surface area contributed by atoms with Gasteiger partial charge >= 0.3 is 18.4 Å². The van der Waals surface area contributed by atoms with Crippen LogP contribution in [-0.2, 0) is 12.4 Å². The largest absolute Gasteiger partial charge is 0.461 e. The van der Waals surface area contributed by atoms with E-state index in [0.29, 0.717) is 48.9 Å². The van der Waals surface area contributed by atoms with Crippen LogP contribution in [0.3, 0.4) is 0 Å². The lowest BCUT2D eigenvalue weighted by Gasteiger charge is -2.35. The summed E-state index contributed by atoms with van der Waals surface area (Å²) in [4.78, 5) is 32.7. The van der Waals surface area contributed by atoms with E-state index >= 15 is 0 Å². The topological polar surface area (TPSA) is 94.0 Å². The SMILES string of the molecule is Cc1ccc(Cl)c(C(=O)N2C[C@@H]3C[C@@H]3C[C@H]2COc2ncc(C(F)(F)F)cn2)n1.FC(F)(F)c1cnc(Cl)nc1. The van der Waals surface area contributed by atoms with Gasteiger partial charge in [0.2, 0.25) is 5.28 Å². The molecule has 4 heterocycles. The van der Waals surface area contributed by atoms with Crippen molar-refractivity contribution in [3.8, 4) is 6.01 Å². The van der Waals surface area contributed by atoms with Gasteiger partial charge in [-0.15, -0.1) is 0 Å². The summed E-state index contributed by atoms with van der Waals surface area (Å²) in [5.41, 5.74) is -0.964. The minimum Gasteiger partial charge on any atom is -0.461 e. The van der Waals surface area contributed by atoms with Crippen LogP contribution >= 0.6 is 23.2 Å².